The normalized spacial score (nSPS) is 55.3. The van der Waals surface area contributed by atoms with Gasteiger partial charge in [0.25, 0.3) is 0 Å². The second-order valence-corrected chi connectivity index (χ2v) is 8.56. The first kappa shape index (κ1) is 9.65. The van der Waals surface area contributed by atoms with Gasteiger partial charge in [0, 0.05) is 0 Å². The minimum atomic E-state index is 0. The molecule has 0 unspecified atom stereocenters. The van der Waals surface area contributed by atoms with Gasteiger partial charge in [-0.3, -0.25) is 0 Å². The molecule has 0 spiro atoms. The van der Waals surface area contributed by atoms with Gasteiger partial charge in [0.05, 0.1) is 0 Å². The Morgan fingerprint density at radius 3 is 1.42 bits per heavy atom. The molecule has 4 aliphatic rings. The van der Waals surface area contributed by atoms with E-state index in [9.17, 15) is 0 Å². The van der Waals surface area contributed by atoms with E-state index in [1.165, 1.54) is 17.8 Å². The molecule has 65 valence electrons. The van der Waals surface area contributed by atoms with Crippen LogP contribution in [-0.4, -0.2) is 0 Å². The summed E-state index contributed by atoms with van der Waals surface area (Å²) in [6.45, 7) is 0. The van der Waals surface area contributed by atoms with Crippen molar-refractivity contribution in [3.63, 3.8) is 0 Å². The van der Waals surface area contributed by atoms with E-state index < -0.39 is 0 Å². The van der Waals surface area contributed by atoms with Crippen LogP contribution in [0.4, 0.5) is 0 Å². The van der Waals surface area contributed by atoms with Crippen LogP contribution in [0, 0.1) is 17.8 Å². The van der Waals surface area contributed by atoms with Gasteiger partial charge in [0.2, 0.25) is 0 Å². The van der Waals surface area contributed by atoms with Crippen LogP contribution in [0.2, 0.25) is 4.01 Å². The molecule has 0 radical (unpaired) electrons. The molecule has 0 aromatic heterocycles. The van der Waals surface area contributed by atoms with Gasteiger partial charge in [0.1, 0.15) is 0 Å². The second-order valence-electron chi connectivity index (χ2n) is 5.42. The van der Waals surface area contributed by atoms with E-state index in [1.807, 2.05) is 0 Å². The SMILES string of the molecule is Br.[Zn][C]12CC3CC(CC(C3)C1)C2. The topological polar surface area (TPSA) is 0 Å². The first-order valence-electron chi connectivity index (χ1n) is 5.09. The predicted octanol–water partition coefficient (Wildman–Crippen LogP) is 3.50. The summed E-state index contributed by atoms with van der Waals surface area (Å²) in [5, 5.41) is 0. The van der Waals surface area contributed by atoms with Crippen LogP contribution in [-0.2, 0) is 18.3 Å². The molecular weight excluding hydrogens is 265 g/mol. The molecule has 0 aromatic carbocycles. The van der Waals surface area contributed by atoms with Crippen LogP contribution < -0.4 is 0 Å². The maximum atomic E-state index is 1.62. The summed E-state index contributed by atoms with van der Waals surface area (Å²) in [4.78, 5) is 0. The van der Waals surface area contributed by atoms with Crippen molar-refractivity contribution in [2.75, 3.05) is 0 Å². The van der Waals surface area contributed by atoms with E-state index >= 15 is 0 Å². The summed E-state index contributed by atoms with van der Waals surface area (Å²) < 4.78 is 0.925. The van der Waals surface area contributed by atoms with Crippen LogP contribution in [0.25, 0.3) is 0 Å². The van der Waals surface area contributed by atoms with Crippen molar-refractivity contribution in [1.29, 1.82) is 0 Å². The summed E-state index contributed by atoms with van der Waals surface area (Å²) in [7, 11) is 0. The summed E-state index contributed by atoms with van der Waals surface area (Å²) in [5.74, 6) is 3.53. The molecule has 0 aliphatic heterocycles. The zero-order chi connectivity index (χ0) is 7.47. The molecule has 4 fully saturated rings. The first-order chi connectivity index (χ1) is 5.23. The van der Waals surface area contributed by atoms with E-state index in [4.69, 9.17) is 0 Å². The Morgan fingerprint density at radius 1 is 0.833 bits per heavy atom. The molecule has 2 heteroatoms. The van der Waals surface area contributed by atoms with Crippen LogP contribution in [0.3, 0.4) is 0 Å². The molecule has 4 saturated carbocycles. The molecule has 4 bridgehead atoms. The molecule has 0 saturated heterocycles. The van der Waals surface area contributed by atoms with Crippen molar-refractivity contribution < 1.29 is 18.3 Å². The van der Waals surface area contributed by atoms with Crippen molar-refractivity contribution in [2.45, 2.75) is 42.5 Å². The van der Waals surface area contributed by atoms with Gasteiger partial charge < -0.3 is 0 Å². The number of halogens is 1. The Morgan fingerprint density at radius 2 is 1.17 bits per heavy atom. The Hall–Kier alpha value is 1.10. The fourth-order valence-corrected chi connectivity index (χ4v) is 6.86. The molecule has 0 atom stereocenters. The Labute approximate surface area is 95.3 Å². The summed E-state index contributed by atoms with van der Waals surface area (Å²) >= 11 is 1.59. The van der Waals surface area contributed by atoms with E-state index in [1.54, 1.807) is 56.8 Å². The van der Waals surface area contributed by atoms with Gasteiger partial charge in [-0.15, -0.1) is 17.0 Å². The zero-order valence-corrected chi connectivity index (χ0v) is 12.3. The Kier molecular flexibility index (Phi) is 2.46. The van der Waals surface area contributed by atoms with Gasteiger partial charge in [-0.1, -0.05) is 0 Å². The summed E-state index contributed by atoms with van der Waals surface area (Å²) in [5.41, 5.74) is 0. The van der Waals surface area contributed by atoms with E-state index in [0.717, 1.165) is 4.01 Å². The molecule has 0 nitrogen and oxygen atoms in total. The third kappa shape index (κ3) is 1.44. The third-order valence-electron chi connectivity index (χ3n) is 4.17. The number of rotatable bonds is 0. The van der Waals surface area contributed by atoms with E-state index in [0.29, 0.717) is 0 Å². The fraction of sp³-hybridized carbons (Fsp3) is 1.00. The van der Waals surface area contributed by atoms with Crippen LogP contribution in [0.1, 0.15) is 38.5 Å². The van der Waals surface area contributed by atoms with Crippen molar-refractivity contribution in [2.24, 2.45) is 17.8 Å². The molecule has 0 N–H and O–H groups in total. The first-order valence-corrected chi connectivity index (χ1v) is 6.57. The van der Waals surface area contributed by atoms with E-state index in [-0.39, 0.29) is 17.0 Å². The van der Waals surface area contributed by atoms with Gasteiger partial charge in [-0.25, -0.2) is 0 Å². The monoisotopic (exact) mass is 279 g/mol. The van der Waals surface area contributed by atoms with Crippen molar-refractivity contribution in [3.05, 3.63) is 0 Å². The molecule has 0 amide bonds. The number of hydrogen-bond donors (Lipinski definition) is 0. The molecule has 4 rings (SSSR count). The standard InChI is InChI=1S/C10H15.BrH.Zn/c1-7-2-9-4-8(1)5-10(3-7)6-9;;/h7-9H,1-6H2;1H;. The zero-order valence-electron chi connectivity index (χ0n) is 7.59. The van der Waals surface area contributed by atoms with Gasteiger partial charge in [0.15, 0.2) is 0 Å². The van der Waals surface area contributed by atoms with Gasteiger partial charge >= 0.3 is 78.6 Å². The molecule has 0 heterocycles. The van der Waals surface area contributed by atoms with Crippen LogP contribution in [0.5, 0.6) is 0 Å². The van der Waals surface area contributed by atoms with Crippen molar-refractivity contribution in [1.82, 2.24) is 0 Å². The van der Waals surface area contributed by atoms with E-state index in [2.05, 4.69) is 0 Å². The molecule has 0 aromatic rings. The summed E-state index contributed by atoms with van der Waals surface area (Å²) in [6.07, 6.45) is 9.70. The minimum absolute atomic E-state index is 0. The van der Waals surface area contributed by atoms with Crippen molar-refractivity contribution in [3.8, 4) is 0 Å². The molecule has 4 aliphatic carbocycles. The Bertz CT molecular complexity index is 155. The fourth-order valence-electron chi connectivity index (χ4n) is 4.29. The van der Waals surface area contributed by atoms with Crippen LogP contribution >= 0.6 is 17.0 Å². The van der Waals surface area contributed by atoms with Crippen molar-refractivity contribution >= 4 is 17.0 Å². The quantitative estimate of drug-likeness (QED) is 0.596. The maximum absolute atomic E-state index is 1.62. The average molecular weight is 282 g/mol. The van der Waals surface area contributed by atoms with Gasteiger partial charge in [-0.2, -0.15) is 0 Å². The van der Waals surface area contributed by atoms with Crippen LogP contribution in [0.15, 0.2) is 0 Å². The Balaban J connectivity index is 0.000000563. The molecule has 12 heavy (non-hydrogen) atoms. The third-order valence-corrected chi connectivity index (χ3v) is 5.98. The average Bonchev–Trinajstić information content (AvgIpc) is 1.79. The number of hydrogen-bond acceptors (Lipinski definition) is 0. The van der Waals surface area contributed by atoms with Gasteiger partial charge in [-0.05, 0) is 0 Å². The summed E-state index contributed by atoms with van der Waals surface area (Å²) in [6, 6.07) is 0. The second kappa shape index (κ2) is 3.05. The predicted molar refractivity (Wildman–Crippen MR) is 51.2 cm³/mol. The molecular formula is C10H16BrZn.